The van der Waals surface area contributed by atoms with Crippen molar-refractivity contribution in [3.05, 3.63) is 18.5 Å². The Morgan fingerprint density at radius 2 is 1.93 bits per heavy atom. The Hall–Kier alpha value is -0.530. The summed E-state index contributed by atoms with van der Waals surface area (Å²) in [6.07, 6.45) is 9.00. The minimum Gasteiger partial charge on any atom is -0.343 e. The van der Waals surface area contributed by atoms with E-state index in [0.29, 0.717) is 24.3 Å². The van der Waals surface area contributed by atoms with Crippen molar-refractivity contribution < 1.29 is 4.79 Å². The molecule has 1 aromatic heterocycles. The van der Waals surface area contributed by atoms with Crippen molar-refractivity contribution in [3.8, 4) is 0 Å². The van der Waals surface area contributed by atoms with Crippen LogP contribution in [0.4, 0.5) is 0 Å². The summed E-state index contributed by atoms with van der Waals surface area (Å²) >= 11 is 0. The summed E-state index contributed by atoms with van der Waals surface area (Å²) < 4.78 is 1.99. The van der Waals surface area contributed by atoms with Gasteiger partial charge in [0.1, 0.15) is 0 Å². The van der Waals surface area contributed by atoms with E-state index in [2.05, 4.69) is 15.3 Å². The van der Waals surface area contributed by atoms with Crippen molar-refractivity contribution in [2.24, 2.45) is 5.92 Å². The fourth-order valence-corrected chi connectivity index (χ4v) is 3.88. The summed E-state index contributed by atoms with van der Waals surface area (Å²) in [5, 5.41) is 7.63. The number of aromatic nitrogens is 2. The van der Waals surface area contributed by atoms with Crippen LogP contribution in [-0.2, 0) is 11.3 Å². The molecule has 0 aliphatic carbocycles. The second-order valence-electron chi connectivity index (χ2n) is 7.24. The van der Waals surface area contributed by atoms with Crippen LogP contribution in [0.5, 0.6) is 0 Å². The maximum absolute atomic E-state index is 12.4. The highest BCUT2D eigenvalue weighted by molar-refractivity contribution is 5.86. The number of carbonyl (C=O) groups is 1. The molecule has 0 spiro atoms. The average Bonchev–Trinajstić information content (AvgIpc) is 3.31. The van der Waals surface area contributed by atoms with E-state index >= 15 is 0 Å². The average molecular weight is 443 g/mol. The largest absolute Gasteiger partial charge is 0.343 e. The summed E-state index contributed by atoms with van der Waals surface area (Å²) in [6, 6.07) is 2.38. The Morgan fingerprint density at radius 3 is 2.52 bits per heavy atom. The molecule has 0 saturated carbocycles. The predicted octanol–water partition coefficient (Wildman–Crippen LogP) is 2.46. The minimum atomic E-state index is 0. The fraction of sp³-hybridized carbons (Fsp3) is 0.778. The number of halogens is 3. The summed E-state index contributed by atoms with van der Waals surface area (Å²) in [5.74, 6) is 1.03. The minimum absolute atomic E-state index is 0. The van der Waals surface area contributed by atoms with Crippen LogP contribution in [0.3, 0.4) is 0 Å². The Kier molecular flexibility index (Phi) is 13.3. The molecule has 1 unspecified atom stereocenters. The molecule has 2 aliphatic heterocycles. The van der Waals surface area contributed by atoms with E-state index < -0.39 is 0 Å². The topological polar surface area (TPSA) is 53.4 Å². The van der Waals surface area contributed by atoms with Crippen LogP contribution in [-0.4, -0.2) is 71.3 Å². The number of carbonyl (C=O) groups excluding carboxylic acids is 1. The van der Waals surface area contributed by atoms with Crippen molar-refractivity contribution in [3.63, 3.8) is 0 Å². The first-order valence-electron chi connectivity index (χ1n) is 9.38. The molecule has 2 saturated heterocycles. The highest BCUT2D eigenvalue weighted by Crippen LogP contribution is 2.19. The van der Waals surface area contributed by atoms with E-state index in [1.54, 1.807) is 0 Å². The molecule has 3 heterocycles. The summed E-state index contributed by atoms with van der Waals surface area (Å²) in [4.78, 5) is 16.9. The lowest BCUT2D eigenvalue weighted by Gasteiger charge is -2.37. The molecule has 158 valence electrons. The zero-order valence-corrected chi connectivity index (χ0v) is 18.5. The van der Waals surface area contributed by atoms with Crippen LogP contribution in [0.1, 0.15) is 32.1 Å². The SMILES string of the molecule is CN(C(=O)CCC1CCNC1)C1CCN(CCn2cccn2)CC1.Cl.Cl.Cl. The zero-order valence-electron chi connectivity index (χ0n) is 16.1. The number of nitrogens with one attached hydrogen (secondary N) is 1. The first-order chi connectivity index (χ1) is 11.7. The van der Waals surface area contributed by atoms with Crippen LogP contribution in [0, 0.1) is 5.92 Å². The third-order valence-electron chi connectivity index (χ3n) is 5.63. The Morgan fingerprint density at radius 1 is 1.19 bits per heavy atom. The molecule has 1 aromatic rings. The van der Waals surface area contributed by atoms with Gasteiger partial charge in [0.25, 0.3) is 0 Å². The fourth-order valence-electron chi connectivity index (χ4n) is 3.88. The monoisotopic (exact) mass is 441 g/mol. The van der Waals surface area contributed by atoms with E-state index in [4.69, 9.17) is 0 Å². The molecule has 0 bridgehead atoms. The molecule has 2 aliphatic rings. The van der Waals surface area contributed by atoms with Crippen molar-refractivity contribution in [2.45, 2.75) is 44.7 Å². The molecular weight excluding hydrogens is 409 g/mol. The maximum Gasteiger partial charge on any atom is 0.222 e. The zero-order chi connectivity index (χ0) is 16.8. The van der Waals surface area contributed by atoms with Gasteiger partial charge in [0.15, 0.2) is 0 Å². The van der Waals surface area contributed by atoms with Gasteiger partial charge in [0, 0.05) is 51.5 Å². The number of hydrogen-bond donors (Lipinski definition) is 1. The van der Waals surface area contributed by atoms with Crippen LogP contribution in [0.15, 0.2) is 18.5 Å². The molecule has 27 heavy (non-hydrogen) atoms. The Balaban J connectivity index is 0.00000225. The van der Waals surface area contributed by atoms with Gasteiger partial charge in [-0.15, -0.1) is 37.2 Å². The highest BCUT2D eigenvalue weighted by atomic mass is 35.5. The lowest BCUT2D eigenvalue weighted by molar-refractivity contribution is -0.133. The van der Waals surface area contributed by atoms with Gasteiger partial charge < -0.3 is 15.1 Å². The maximum atomic E-state index is 12.4. The Bertz CT molecular complexity index is 503. The normalized spacial score (nSPS) is 20.3. The standard InChI is InChI=1S/C18H31N5O.3ClH/c1-21(18(24)4-3-16-5-9-19-15-16)17-6-11-22(12-7-17)13-14-23-10-2-8-20-23;;;/h2,8,10,16-17,19H,3-7,9,11-15H2,1H3;3*1H. The first-order valence-corrected chi connectivity index (χ1v) is 9.38. The Labute approximate surface area is 181 Å². The lowest BCUT2D eigenvalue weighted by atomic mass is 10.00. The van der Waals surface area contributed by atoms with E-state index in [0.717, 1.165) is 58.5 Å². The molecular formula is C18H34Cl3N5O. The molecule has 1 atom stereocenters. The van der Waals surface area contributed by atoms with Gasteiger partial charge in [-0.05, 0) is 50.8 Å². The number of likely N-dealkylation sites (tertiary alicyclic amines) is 1. The summed E-state index contributed by atoms with van der Waals surface area (Å²) in [5.41, 5.74) is 0. The van der Waals surface area contributed by atoms with Crippen LogP contribution in [0.25, 0.3) is 0 Å². The third kappa shape index (κ3) is 8.16. The van der Waals surface area contributed by atoms with Crippen LogP contribution < -0.4 is 5.32 Å². The van der Waals surface area contributed by atoms with Crippen molar-refractivity contribution in [1.29, 1.82) is 0 Å². The van der Waals surface area contributed by atoms with E-state index in [1.807, 2.05) is 35.1 Å². The van der Waals surface area contributed by atoms with Gasteiger partial charge in [-0.2, -0.15) is 5.10 Å². The number of nitrogens with zero attached hydrogens (tertiary/aromatic N) is 4. The van der Waals surface area contributed by atoms with Gasteiger partial charge in [-0.3, -0.25) is 9.48 Å². The van der Waals surface area contributed by atoms with Gasteiger partial charge >= 0.3 is 0 Å². The van der Waals surface area contributed by atoms with Crippen molar-refractivity contribution in [1.82, 2.24) is 24.9 Å². The van der Waals surface area contributed by atoms with E-state index in [1.165, 1.54) is 6.42 Å². The van der Waals surface area contributed by atoms with Gasteiger partial charge in [0.05, 0.1) is 6.54 Å². The van der Waals surface area contributed by atoms with Gasteiger partial charge in [-0.25, -0.2) is 0 Å². The molecule has 9 heteroatoms. The number of piperidine rings is 1. The molecule has 2 fully saturated rings. The van der Waals surface area contributed by atoms with Crippen LogP contribution in [0.2, 0.25) is 0 Å². The molecule has 1 amide bonds. The second-order valence-corrected chi connectivity index (χ2v) is 7.24. The van der Waals surface area contributed by atoms with E-state index in [9.17, 15) is 4.79 Å². The van der Waals surface area contributed by atoms with Crippen molar-refractivity contribution >= 4 is 43.1 Å². The van der Waals surface area contributed by atoms with Gasteiger partial charge in [0.2, 0.25) is 5.91 Å². The lowest BCUT2D eigenvalue weighted by Crippen LogP contribution is -2.46. The smallest absolute Gasteiger partial charge is 0.222 e. The molecule has 3 rings (SSSR count). The quantitative estimate of drug-likeness (QED) is 0.705. The van der Waals surface area contributed by atoms with Crippen molar-refractivity contribution in [2.75, 3.05) is 39.8 Å². The molecule has 1 N–H and O–H groups in total. The first kappa shape index (κ1) is 26.5. The number of rotatable bonds is 7. The third-order valence-corrected chi connectivity index (χ3v) is 5.63. The van der Waals surface area contributed by atoms with Gasteiger partial charge in [-0.1, -0.05) is 0 Å². The second kappa shape index (κ2) is 13.6. The summed E-state index contributed by atoms with van der Waals surface area (Å²) in [6.45, 7) is 6.35. The predicted molar refractivity (Wildman–Crippen MR) is 116 cm³/mol. The van der Waals surface area contributed by atoms with Crippen LogP contribution >= 0.6 is 37.2 Å². The molecule has 0 aromatic carbocycles. The molecule has 0 radical (unpaired) electrons. The highest BCUT2D eigenvalue weighted by Gasteiger charge is 2.25. The number of amides is 1. The molecule has 6 nitrogen and oxygen atoms in total. The summed E-state index contributed by atoms with van der Waals surface area (Å²) in [7, 11) is 2.00. The van der Waals surface area contributed by atoms with E-state index in [-0.39, 0.29) is 37.2 Å². The number of hydrogen-bond acceptors (Lipinski definition) is 4.